The Morgan fingerprint density at radius 3 is 2.55 bits per heavy atom. The van der Waals surface area contributed by atoms with Gasteiger partial charge in [0.05, 0.1) is 31.3 Å². The van der Waals surface area contributed by atoms with Crippen molar-refractivity contribution < 1.29 is 19.0 Å². The zero-order valence-electron chi connectivity index (χ0n) is 29.0. The third kappa shape index (κ3) is 6.87. The molecule has 0 bridgehead atoms. The van der Waals surface area contributed by atoms with Gasteiger partial charge in [-0.25, -0.2) is 9.78 Å². The Balaban J connectivity index is 1.28. The van der Waals surface area contributed by atoms with E-state index in [2.05, 4.69) is 23.0 Å². The topological polar surface area (TPSA) is 139 Å². The Morgan fingerprint density at radius 1 is 0.980 bits per heavy atom. The van der Waals surface area contributed by atoms with Gasteiger partial charge in [0.15, 0.2) is 11.3 Å². The van der Waals surface area contributed by atoms with Crippen molar-refractivity contribution in [2.75, 3.05) is 51.8 Å². The molecule has 2 aliphatic heterocycles. The molecular formula is C38H40N8O5. The summed E-state index contributed by atoms with van der Waals surface area (Å²) in [5.41, 5.74) is 1.54. The van der Waals surface area contributed by atoms with Gasteiger partial charge >= 0.3 is 12.1 Å². The van der Waals surface area contributed by atoms with E-state index in [1.165, 1.54) is 0 Å². The molecule has 0 saturated carbocycles. The van der Waals surface area contributed by atoms with Crippen LogP contribution >= 0.6 is 0 Å². The molecule has 262 valence electrons. The lowest BCUT2D eigenvalue weighted by Crippen LogP contribution is -2.55. The van der Waals surface area contributed by atoms with E-state index in [1.807, 2.05) is 71.6 Å². The second-order valence-corrected chi connectivity index (χ2v) is 13.0. The number of carbonyl (C=O) groups excluding carboxylic acids is 1. The molecule has 1 amide bonds. The predicted octanol–water partition coefficient (Wildman–Crippen LogP) is 4.86. The Kier molecular flexibility index (Phi) is 9.68. The average Bonchev–Trinajstić information content (AvgIpc) is 3.57. The summed E-state index contributed by atoms with van der Waals surface area (Å²) in [5, 5.41) is 11.5. The normalized spacial score (nSPS) is 17.8. The van der Waals surface area contributed by atoms with Gasteiger partial charge in [0.25, 0.3) is 5.56 Å². The number of carbonyl (C=O) groups is 1. The van der Waals surface area contributed by atoms with Gasteiger partial charge < -0.3 is 28.9 Å². The van der Waals surface area contributed by atoms with Crippen LogP contribution in [0.2, 0.25) is 0 Å². The number of fused-ring (bicyclic) bond motifs is 2. The van der Waals surface area contributed by atoms with E-state index in [1.54, 1.807) is 23.5 Å². The number of nitrogens with zero attached hydrogens (tertiary/aromatic N) is 8. The van der Waals surface area contributed by atoms with Crippen molar-refractivity contribution in [2.45, 2.75) is 44.9 Å². The van der Waals surface area contributed by atoms with Gasteiger partial charge in [-0.2, -0.15) is 15.2 Å². The largest absolute Gasteiger partial charge is 0.497 e. The van der Waals surface area contributed by atoms with E-state index in [9.17, 15) is 14.9 Å². The second-order valence-electron chi connectivity index (χ2n) is 13.0. The third-order valence-corrected chi connectivity index (χ3v) is 9.76. The minimum atomic E-state index is -0.488. The van der Waals surface area contributed by atoms with Gasteiger partial charge in [0.2, 0.25) is 0 Å². The highest BCUT2D eigenvalue weighted by Crippen LogP contribution is 2.31. The number of aromatic nitrogens is 4. The van der Waals surface area contributed by atoms with E-state index in [-0.39, 0.29) is 49.2 Å². The average molecular weight is 689 g/mol. The molecule has 2 fully saturated rings. The van der Waals surface area contributed by atoms with Gasteiger partial charge in [0.1, 0.15) is 30.3 Å². The molecule has 0 spiro atoms. The number of hydrogen-bond donors (Lipinski definition) is 0. The van der Waals surface area contributed by atoms with Crippen LogP contribution in [0, 0.1) is 18.3 Å². The van der Waals surface area contributed by atoms with Crippen molar-refractivity contribution in [1.82, 2.24) is 29.3 Å². The van der Waals surface area contributed by atoms with Crippen LogP contribution < -0.4 is 19.9 Å². The molecule has 13 heteroatoms. The quantitative estimate of drug-likeness (QED) is 0.210. The van der Waals surface area contributed by atoms with Gasteiger partial charge in [-0.15, -0.1) is 0 Å². The lowest BCUT2D eigenvalue weighted by molar-refractivity contribution is 0.0768. The van der Waals surface area contributed by atoms with Crippen LogP contribution in [0.1, 0.15) is 30.7 Å². The van der Waals surface area contributed by atoms with Gasteiger partial charge in [0, 0.05) is 37.1 Å². The maximum absolute atomic E-state index is 14.6. The minimum absolute atomic E-state index is 0.0733. The number of likely N-dealkylation sites (tertiary alicyclic amines) is 1. The molecule has 0 radical (unpaired) electrons. The summed E-state index contributed by atoms with van der Waals surface area (Å²) in [6, 6.07) is 23.0. The number of nitriles is 1. The van der Waals surface area contributed by atoms with Crippen LogP contribution in [0.25, 0.3) is 27.5 Å². The lowest BCUT2D eigenvalue weighted by atomic mass is 10.1. The number of ether oxygens (including phenoxy) is 3. The molecule has 2 atom stereocenters. The summed E-state index contributed by atoms with van der Waals surface area (Å²) in [5.74, 6) is 1.46. The summed E-state index contributed by atoms with van der Waals surface area (Å²) >= 11 is 0. The highest BCUT2D eigenvalue weighted by molar-refractivity contribution is 5.93. The van der Waals surface area contributed by atoms with Crippen molar-refractivity contribution in [3.63, 3.8) is 0 Å². The third-order valence-electron chi connectivity index (χ3n) is 9.76. The fourth-order valence-electron chi connectivity index (χ4n) is 7.01. The lowest BCUT2D eigenvalue weighted by Gasteiger charge is -2.40. The van der Waals surface area contributed by atoms with Crippen molar-refractivity contribution in [3.05, 3.63) is 88.5 Å². The first-order chi connectivity index (χ1) is 24.8. The Labute approximate surface area is 295 Å². The first kappa shape index (κ1) is 33.7. The summed E-state index contributed by atoms with van der Waals surface area (Å²) in [6.45, 7) is 4.17. The molecule has 3 aromatic carbocycles. The van der Waals surface area contributed by atoms with Crippen LogP contribution in [0.4, 0.5) is 10.6 Å². The predicted molar refractivity (Wildman–Crippen MR) is 192 cm³/mol. The monoisotopic (exact) mass is 688 g/mol. The number of benzene rings is 3. The Bertz CT molecular complexity index is 2170. The summed E-state index contributed by atoms with van der Waals surface area (Å²) < 4.78 is 19.0. The maximum Gasteiger partial charge on any atom is 0.410 e. The number of likely N-dealkylation sites (N-methyl/N-ethyl adjacent to an activating group) is 1. The van der Waals surface area contributed by atoms with Crippen LogP contribution in [-0.4, -0.2) is 94.4 Å². The number of methoxy groups -OCH3 is 1. The van der Waals surface area contributed by atoms with Gasteiger partial charge in [-0.1, -0.05) is 54.6 Å². The number of piperazine rings is 1. The maximum atomic E-state index is 14.6. The molecule has 2 aliphatic rings. The van der Waals surface area contributed by atoms with Crippen molar-refractivity contribution in [1.29, 1.82) is 5.26 Å². The summed E-state index contributed by atoms with van der Waals surface area (Å²) in [6.07, 6.45) is 1.67. The van der Waals surface area contributed by atoms with E-state index in [0.29, 0.717) is 41.7 Å². The number of aryl methyl sites for hydroxylation is 1. The molecule has 13 nitrogen and oxygen atoms in total. The van der Waals surface area contributed by atoms with E-state index in [4.69, 9.17) is 24.2 Å². The molecule has 0 N–H and O–H groups in total. The smallest absolute Gasteiger partial charge is 0.410 e. The molecule has 2 saturated heterocycles. The number of rotatable bonds is 9. The first-order valence-corrected chi connectivity index (χ1v) is 17.2. The van der Waals surface area contributed by atoms with Crippen LogP contribution in [0.5, 0.6) is 11.8 Å². The molecule has 0 aliphatic carbocycles. The highest BCUT2D eigenvalue weighted by Gasteiger charge is 2.34. The standard InChI is InChI=1S/C38H40N8O5/c1-25-40-33-34(36(47)46(25)32-21-30(49-3)20-27-12-7-8-14-31(27)32)41-37(50-24-29-13-9-17-43(29)2)42-35(33)44-18-19-45(28(22-44)15-16-39)38(48)51-23-26-10-5-4-6-11-26/h4-8,10-12,14,20-21,28-29H,9,13,15,17-19,22-24H2,1-3H3. The number of anilines is 1. The van der Waals surface area contributed by atoms with Crippen molar-refractivity contribution in [2.24, 2.45) is 0 Å². The van der Waals surface area contributed by atoms with E-state index in [0.717, 1.165) is 35.7 Å². The Morgan fingerprint density at radius 2 is 1.78 bits per heavy atom. The van der Waals surface area contributed by atoms with Crippen LogP contribution in [0.3, 0.4) is 0 Å². The Hall–Kier alpha value is -5.74. The van der Waals surface area contributed by atoms with Crippen LogP contribution in [-0.2, 0) is 11.3 Å². The number of hydrogen-bond acceptors (Lipinski definition) is 11. The number of amides is 1. The summed E-state index contributed by atoms with van der Waals surface area (Å²) in [4.78, 5) is 48.1. The zero-order valence-corrected chi connectivity index (χ0v) is 29.0. The SMILES string of the molecule is COc1cc(-n2c(C)nc3c(N4CCN(C(=O)OCc5ccccc5)C(CC#N)C4)nc(OCC4CCCN4C)nc3c2=O)c2ccccc2c1. The highest BCUT2D eigenvalue weighted by atomic mass is 16.6. The van der Waals surface area contributed by atoms with Gasteiger partial charge in [-0.05, 0) is 50.4 Å². The van der Waals surface area contributed by atoms with Crippen molar-refractivity contribution >= 4 is 33.7 Å². The van der Waals surface area contributed by atoms with Gasteiger partial charge in [-0.3, -0.25) is 9.36 Å². The zero-order chi connectivity index (χ0) is 35.5. The van der Waals surface area contributed by atoms with Crippen molar-refractivity contribution in [3.8, 4) is 23.5 Å². The summed E-state index contributed by atoms with van der Waals surface area (Å²) in [7, 11) is 3.66. The molecule has 2 unspecified atom stereocenters. The molecule has 4 heterocycles. The second kappa shape index (κ2) is 14.6. The molecule has 51 heavy (non-hydrogen) atoms. The molecular weight excluding hydrogens is 648 g/mol. The fourth-order valence-corrected chi connectivity index (χ4v) is 7.01. The molecule has 2 aromatic heterocycles. The first-order valence-electron chi connectivity index (χ1n) is 17.2. The minimum Gasteiger partial charge on any atom is -0.497 e. The van der Waals surface area contributed by atoms with Crippen LogP contribution in [0.15, 0.2) is 71.5 Å². The molecule has 7 rings (SSSR count). The van der Waals surface area contributed by atoms with E-state index >= 15 is 0 Å². The fraction of sp³-hybridized carbons (Fsp3) is 0.368. The molecule has 5 aromatic rings. The van der Waals surface area contributed by atoms with E-state index < -0.39 is 12.1 Å².